The van der Waals surface area contributed by atoms with E-state index < -0.39 is 0 Å². The van der Waals surface area contributed by atoms with Crippen LogP contribution < -0.4 is 5.56 Å². The van der Waals surface area contributed by atoms with Gasteiger partial charge >= 0.3 is 0 Å². The molecule has 1 aromatic carbocycles. The largest absolute Gasteiger partial charge is 0.284 e. The van der Waals surface area contributed by atoms with E-state index in [1.54, 1.807) is 33.2 Å². The highest BCUT2D eigenvalue weighted by Crippen LogP contribution is 2.17. The fourth-order valence-corrected chi connectivity index (χ4v) is 3.14. The molecule has 0 saturated heterocycles. The number of rotatable bonds is 3. The van der Waals surface area contributed by atoms with Crippen molar-refractivity contribution < 1.29 is 0 Å². The lowest BCUT2D eigenvalue weighted by Gasteiger charge is -2.07. The fraction of sp³-hybridized carbons (Fsp3) is 0.176. The van der Waals surface area contributed by atoms with E-state index in [0.717, 1.165) is 17.0 Å². The Bertz CT molecular complexity index is 1100. The van der Waals surface area contributed by atoms with Crippen LogP contribution in [-0.4, -0.2) is 29.9 Å². The number of fused-ring (bicyclic) bond motifs is 3. The van der Waals surface area contributed by atoms with Crippen molar-refractivity contribution in [2.45, 2.75) is 19.0 Å². The summed E-state index contributed by atoms with van der Waals surface area (Å²) in [5, 5.41) is 5.63. The van der Waals surface area contributed by atoms with E-state index in [-0.39, 0.29) is 5.56 Å². The summed E-state index contributed by atoms with van der Waals surface area (Å²) >= 11 is 1.55. The molecule has 0 bridgehead atoms. The minimum atomic E-state index is -0.119. The van der Waals surface area contributed by atoms with Gasteiger partial charge in [0.2, 0.25) is 5.16 Å². The van der Waals surface area contributed by atoms with Gasteiger partial charge in [0.25, 0.3) is 11.3 Å². The van der Waals surface area contributed by atoms with Gasteiger partial charge in [-0.15, -0.1) is 5.10 Å². The van der Waals surface area contributed by atoms with E-state index in [2.05, 4.69) is 15.1 Å². The van der Waals surface area contributed by atoms with Crippen LogP contribution in [0.3, 0.4) is 0 Å². The number of pyridine rings is 1. The standard InChI is InChI=1S/C17H15N5OS/c1-3-24-17-19-16-18-10-13-14(22(16)20-17)8-9-21(15(13)23)12-6-4-11(2)5-7-12/h4-10H,3H2,1-2H3. The van der Waals surface area contributed by atoms with Crippen LogP contribution in [0.15, 0.2) is 52.7 Å². The van der Waals surface area contributed by atoms with E-state index in [4.69, 9.17) is 0 Å². The van der Waals surface area contributed by atoms with Crippen molar-refractivity contribution in [2.24, 2.45) is 0 Å². The predicted octanol–water partition coefficient (Wildman–Crippen LogP) is 2.85. The maximum absolute atomic E-state index is 12.8. The SMILES string of the molecule is CCSc1nc2ncc3c(=O)n(-c4ccc(C)cc4)ccc3n2n1. The van der Waals surface area contributed by atoms with Gasteiger partial charge in [-0.1, -0.05) is 36.4 Å². The Morgan fingerprint density at radius 2 is 1.96 bits per heavy atom. The maximum Gasteiger partial charge on any atom is 0.266 e. The van der Waals surface area contributed by atoms with Crippen LogP contribution in [-0.2, 0) is 0 Å². The first kappa shape index (κ1) is 14.9. The van der Waals surface area contributed by atoms with Crippen molar-refractivity contribution in [3.8, 4) is 5.69 Å². The molecule has 0 aliphatic heterocycles. The summed E-state index contributed by atoms with van der Waals surface area (Å²) in [6.07, 6.45) is 3.34. The summed E-state index contributed by atoms with van der Waals surface area (Å²) < 4.78 is 3.25. The van der Waals surface area contributed by atoms with Crippen molar-refractivity contribution in [1.82, 2.24) is 24.1 Å². The Morgan fingerprint density at radius 1 is 1.17 bits per heavy atom. The number of benzene rings is 1. The third-order valence-electron chi connectivity index (χ3n) is 3.80. The predicted molar refractivity (Wildman–Crippen MR) is 95.0 cm³/mol. The summed E-state index contributed by atoms with van der Waals surface area (Å²) in [6, 6.07) is 9.71. The molecule has 0 amide bonds. The van der Waals surface area contributed by atoms with E-state index in [9.17, 15) is 4.79 Å². The summed E-state index contributed by atoms with van der Waals surface area (Å²) in [6.45, 7) is 4.06. The second kappa shape index (κ2) is 5.76. The normalized spacial score (nSPS) is 11.4. The Morgan fingerprint density at radius 3 is 2.71 bits per heavy atom. The molecule has 0 radical (unpaired) electrons. The van der Waals surface area contributed by atoms with Crippen molar-refractivity contribution in [3.63, 3.8) is 0 Å². The van der Waals surface area contributed by atoms with Crippen molar-refractivity contribution in [3.05, 3.63) is 58.6 Å². The van der Waals surface area contributed by atoms with Crippen LogP contribution in [0, 0.1) is 6.92 Å². The summed E-state index contributed by atoms with van der Waals surface area (Å²) in [5.41, 5.74) is 2.57. The third-order valence-corrected chi connectivity index (χ3v) is 4.52. The second-order valence-electron chi connectivity index (χ2n) is 5.42. The molecular formula is C17H15N5OS. The Kier molecular flexibility index (Phi) is 3.57. The number of nitrogens with zero attached hydrogens (tertiary/aromatic N) is 5. The Hall–Kier alpha value is -2.67. The molecule has 6 nitrogen and oxygen atoms in total. The second-order valence-corrected chi connectivity index (χ2v) is 6.65. The van der Waals surface area contributed by atoms with E-state index in [0.29, 0.717) is 21.8 Å². The van der Waals surface area contributed by atoms with Gasteiger partial charge < -0.3 is 0 Å². The van der Waals surface area contributed by atoms with Gasteiger partial charge in [-0.3, -0.25) is 9.36 Å². The van der Waals surface area contributed by atoms with Crippen LogP contribution in [0.1, 0.15) is 12.5 Å². The number of aryl methyl sites for hydroxylation is 1. The van der Waals surface area contributed by atoms with Crippen molar-refractivity contribution in [1.29, 1.82) is 0 Å². The highest BCUT2D eigenvalue weighted by molar-refractivity contribution is 7.99. The smallest absolute Gasteiger partial charge is 0.266 e. The summed E-state index contributed by atoms with van der Waals surface area (Å²) in [5.74, 6) is 1.39. The molecule has 120 valence electrons. The van der Waals surface area contributed by atoms with Crippen molar-refractivity contribution in [2.75, 3.05) is 5.75 Å². The molecule has 3 aromatic heterocycles. The monoisotopic (exact) mass is 337 g/mol. The molecule has 3 heterocycles. The molecule has 0 spiro atoms. The van der Waals surface area contributed by atoms with E-state index in [1.165, 1.54) is 0 Å². The minimum Gasteiger partial charge on any atom is -0.284 e. The van der Waals surface area contributed by atoms with E-state index in [1.807, 2.05) is 44.2 Å². The third kappa shape index (κ3) is 2.37. The topological polar surface area (TPSA) is 65.1 Å². The summed E-state index contributed by atoms with van der Waals surface area (Å²) in [7, 11) is 0. The molecule has 0 N–H and O–H groups in total. The molecule has 0 aliphatic rings. The average Bonchev–Trinajstić information content (AvgIpc) is 2.99. The van der Waals surface area contributed by atoms with Crippen LogP contribution in [0.2, 0.25) is 0 Å². The zero-order chi connectivity index (χ0) is 16.7. The van der Waals surface area contributed by atoms with Gasteiger partial charge in [0, 0.05) is 18.1 Å². The van der Waals surface area contributed by atoms with Gasteiger partial charge in [0.05, 0.1) is 10.9 Å². The minimum absolute atomic E-state index is 0.119. The molecule has 0 fully saturated rings. The highest BCUT2D eigenvalue weighted by atomic mass is 32.2. The molecule has 4 aromatic rings. The molecule has 0 saturated carbocycles. The van der Waals surface area contributed by atoms with Crippen molar-refractivity contribution >= 4 is 28.4 Å². The lowest BCUT2D eigenvalue weighted by molar-refractivity contribution is 0.903. The van der Waals surface area contributed by atoms with Crippen LogP contribution in [0.25, 0.3) is 22.4 Å². The molecule has 0 atom stereocenters. The van der Waals surface area contributed by atoms with E-state index >= 15 is 0 Å². The van der Waals surface area contributed by atoms with Gasteiger partial charge in [-0.05, 0) is 30.9 Å². The zero-order valence-electron chi connectivity index (χ0n) is 13.3. The van der Waals surface area contributed by atoms with Gasteiger partial charge in [0.15, 0.2) is 0 Å². The number of thioether (sulfide) groups is 1. The van der Waals surface area contributed by atoms with Crippen LogP contribution >= 0.6 is 11.8 Å². The number of hydrogen-bond donors (Lipinski definition) is 0. The molecule has 24 heavy (non-hydrogen) atoms. The number of hydrogen-bond acceptors (Lipinski definition) is 5. The summed E-state index contributed by atoms with van der Waals surface area (Å²) in [4.78, 5) is 21.5. The first-order chi connectivity index (χ1) is 11.7. The first-order valence-corrected chi connectivity index (χ1v) is 8.63. The Labute approximate surface area is 142 Å². The van der Waals surface area contributed by atoms with Crippen LogP contribution in [0.5, 0.6) is 0 Å². The lowest BCUT2D eigenvalue weighted by Crippen LogP contribution is -2.18. The zero-order valence-corrected chi connectivity index (χ0v) is 14.1. The Balaban J connectivity index is 1.94. The lowest BCUT2D eigenvalue weighted by atomic mass is 10.2. The first-order valence-electron chi connectivity index (χ1n) is 7.64. The molecular weight excluding hydrogens is 322 g/mol. The quantitative estimate of drug-likeness (QED) is 0.538. The van der Waals surface area contributed by atoms with Gasteiger partial charge in [0.1, 0.15) is 0 Å². The van der Waals surface area contributed by atoms with Gasteiger partial charge in [-0.2, -0.15) is 9.50 Å². The fourth-order valence-electron chi connectivity index (χ4n) is 2.60. The molecule has 0 unspecified atom stereocenters. The molecule has 4 rings (SSSR count). The molecule has 0 aliphatic carbocycles. The van der Waals surface area contributed by atoms with Crippen LogP contribution in [0.4, 0.5) is 0 Å². The number of aromatic nitrogens is 5. The highest BCUT2D eigenvalue weighted by Gasteiger charge is 2.12. The average molecular weight is 337 g/mol. The van der Waals surface area contributed by atoms with Gasteiger partial charge in [-0.25, -0.2) is 4.98 Å². The maximum atomic E-state index is 12.8. The molecule has 7 heteroatoms.